The molecule has 4 rings (SSSR count). The third-order valence-corrected chi connectivity index (χ3v) is 5.30. The van der Waals surface area contributed by atoms with E-state index in [9.17, 15) is 9.59 Å². The van der Waals surface area contributed by atoms with Crippen molar-refractivity contribution < 1.29 is 4.79 Å². The Morgan fingerprint density at radius 1 is 0.844 bits per heavy atom. The SMILES string of the molecule is O=C(Cn1nc(-c2ccncc2)ccc1=O)NCCC(c1ccccc1)c1ccccc1. The highest BCUT2D eigenvalue weighted by Gasteiger charge is 2.14. The first-order valence-corrected chi connectivity index (χ1v) is 10.6. The van der Waals surface area contributed by atoms with Gasteiger partial charge in [-0.15, -0.1) is 0 Å². The summed E-state index contributed by atoms with van der Waals surface area (Å²) in [5, 5.41) is 7.28. The van der Waals surface area contributed by atoms with E-state index in [4.69, 9.17) is 0 Å². The van der Waals surface area contributed by atoms with Crippen molar-refractivity contribution in [3.63, 3.8) is 0 Å². The second kappa shape index (κ2) is 10.3. The Kier molecular flexibility index (Phi) is 6.82. The Morgan fingerprint density at radius 2 is 1.47 bits per heavy atom. The number of hydrogen-bond donors (Lipinski definition) is 1. The fourth-order valence-electron chi connectivity index (χ4n) is 3.68. The molecule has 0 aliphatic carbocycles. The Bertz CT molecular complexity index is 1170. The summed E-state index contributed by atoms with van der Waals surface area (Å²) in [6, 6.07) is 27.2. The second-order valence-electron chi connectivity index (χ2n) is 7.46. The molecule has 6 nitrogen and oxygen atoms in total. The highest BCUT2D eigenvalue weighted by Crippen LogP contribution is 2.27. The molecule has 160 valence electrons. The van der Waals surface area contributed by atoms with Crippen LogP contribution in [0.3, 0.4) is 0 Å². The minimum Gasteiger partial charge on any atom is -0.354 e. The maximum Gasteiger partial charge on any atom is 0.267 e. The van der Waals surface area contributed by atoms with Crippen LogP contribution < -0.4 is 10.9 Å². The molecule has 0 aliphatic heterocycles. The monoisotopic (exact) mass is 424 g/mol. The quantitative estimate of drug-likeness (QED) is 0.468. The lowest BCUT2D eigenvalue weighted by Crippen LogP contribution is -2.34. The minimum atomic E-state index is -0.315. The molecule has 0 radical (unpaired) electrons. The molecule has 0 saturated carbocycles. The van der Waals surface area contributed by atoms with Crippen molar-refractivity contribution in [3.05, 3.63) is 119 Å². The molecule has 2 aromatic heterocycles. The zero-order chi connectivity index (χ0) is 22.2. The van der Waals surface area contributed by atoms with Crippen LogP contribution in [0.2, 0.25) is 0 Å². The second-order valence-corrected chi connectivity index (χ2v) is 7.46. The van der Waals surface area contributed by atoms with E-state index in [0.717, 1.165) is 12.0 Å². The molecular formula is C26H24N4O2. The lowest BCUT2D eigenvalue weighted by atomic mass is 9.88. The summed E-state index contributed by atoms with van der Waals surface area (Å²) in [4.78, 5) is 28.7. The van der Waals surface area contributed by atoms with Crippen molar-refractivity contribution in [2.24, 2.45) is 0 Å². The predicted octanol–water partition coefficient (Wildman–Crippen LogP) is 3.64. The summed E-state index contributed by atoms with van der Waals surface area (Å²) in [5.41, 5.74) is 3.55. The van der Waals surface area contributed by atoms with Crippen LogP contribution in [0.4, 0.5) is 0 Å². The molecule has 1 amide bonds. The van der Waals surface area contributed by atoms with Crippen molar-refractivity contribution >= 4 is 5.91 Å². The van der Waals surface area contributed by atoms with Crippen molar-refractivity contribution in [1.29, 1.82) is 0 Å². The van der Waals surface area contributed by atoms with Crippen LogP contribution in [-0.4, -0.2) is 27.2 Å². The van der Waals surface area contributed by atoms with Crippen molar-refractivity contribution in [1.82, 2.24) is 20.1 Å². The molecule has 0 aliphatic rings. The van der Waals surface area contributed by atoms with E-state index in [1.54, 1.807) is 18.5 Å². The number of nitrogens with one attached hydrogen (secondary N) is 1. The van der Waals surface area contributed by atoms with Gasteiger partial charge >= 0.3 is 0 Å². The number of pyridine rings is 1. The van der Waals surface area contributed by atoms with Gasteiger partial charge in [0.2, 0.25) is 5.91 Å². The fraction of sp³-hybridized carbons (Fsp3) is 0.154. The molecular weight excluding hydrogens is 400 g/mol. The van der Waals surface area contributed by atoms with E-state index in [1.165, 1.54) is 21.9 Å². The maximum absolute atomic E-state index is 12.5. The topological polar surface area (TPSA) is 76.9 Å². The Hall–Kier alpha value is -4.06. The van der Waals surface area contributed by atoms with Gasteiger partial charge in [0, 0.05) is 36.5 Å². The Morgan fingerprint density at radius 3 is 2.09 bits per heavy atom. The zero-order valence-electron chi connectivity index (χ0n) is 17.6. The van der Waals surface area contributed by atoms with Crippen LogP contribution in [0.25, 0.3) is 11.3 Å². The number of amides is 1. The predicted molar refractivity (Wildman–Crippen MR) is 124 cm³/mol. The van der Waals surface area contributed by atoms with E-state index in [-0.39, 0.29) is 23.9 Å². The molecule has 0 spiro atoms. The van der Waals surface area contributed by atoms with Crippen molar-refractivity contribution in [2.75, 3.05) is 6.54 Å². The normalized spacial score (nSPS) is 10.8. The molecule has 32 heavy (non-hydrogen) atoms. The van der Waals surface area contributed by atoms with Crippen LogP contribution in [0.5, 0.6) is 0 Å². The number of aromatic nitrogens is 3. The Balaban J connectivity index is 1.41. The first-order valence-electron chi connectivity index (χ1n) is 10.6. The number of benzene rings is 2. The van der Waals surface area contributed by atoms with Crippen LogP contribution in [0.1, 0.15) is 23.5 Å². The van der Waals surface area contributed by atoms with Crippen molar-refractivity contribution in [2.45, 2.75) is 18.9 Å². The summed E-state index contributed by atoms with van der Waals surface area (Å²) >= 11 is 0. The number of carbonyl (C=O) groups is 1. The van der Waals surface area contributed by atoms with Gasteiger partial charge in [0.25, 0.3) is 5.56 Å². The standard InChI is InChI=1S/C26H24N4O2/c31-25(19-30-26(32)12-11-24(29-30)22-13-16-27-17-14-22)28-18-15-23(20-7-3-1-4-8-20)21-9-5-2-6-10-21/h1-14,16-17,23H,15,18-19H2,(H,28,31). The molecule has 2 aromatic carbocycles. The van der Waals surface area contributed by atoms with Gasteiger partial charge in [0.1, 0.15) is 6.54 Å². The lowest BCUT2D eigenvalue weighted by Gasteiger charge is -2.18. The average molecular weight is 425 g/mol. The van der Waals surface area contributed by atoms with Gasteiger partial charge in [0.15, 0.2) is 0 Å². The lowest BCUT2D eigenvalue weighted by molar-refractivity contribution is -0.121. The molecule has 2 heterocycles. The van der Waals surface area contributed by atoms with Crippen molar-refractivity contribution in [3.8, 4) is 11.3 Å². The summed E-state index contributed by atoms with van der Waals surface area (Å²) < 4.78 is 1.19. The molecule has 0 saturated heterocycles. The van der Waals surface area contributed by atoms with Crippen LogP contribution in [0.15, 0.2) is 102 Å². The molecule has 0 fully saturated rings. The smallest absolute Gasteiger partial charge is 0.267 e. The van der Waals surface area contributed by atoms with E-state index >= 15 is 0 Å². The van der Waals surface area contributed by atoms with Gasteiger partial charge in [-0.1, -0.05) is 60.7 Å². The van der Waals surface area contributed by atoms with Gasteiger partial charge in [-0.25, -0.2) is 4.68 Å². The first-order chi connectivity index (χ1) is 15.7. The highest BCUT2D eigenvalue weighted by atomic mass is 16.2. The molecule has 0 atom stereocenters. The summed E-state index contributed by atoms with van der Waals surface area (Å²) in [6.45, 7) is 0.366. The largest absolute Gasteiger partial charge is 0.354 e. The average Bonchev–Trinajstić information content (AvgIpc) is 2.85. The molecule has 0 unspecified atom stereocenters. The maximum atomic E-state index is 12.5. The number of rotatable bonds is 8. The minimum absolute atomic E-state index is 0.126. The number of carbonyl (C=O) groups excluding carboxylic acids is 1. The van der Waals surface area contributed by atoms with E-state index in [2.05, 4.69) is 39.7 Å². The van der Waals surface area contributed by atoms with Gasteiger partial charge < -0.3 is 5.32 Å². The first kappa shape index (κ1) is 21.2. The summed E-state index contributed by atoms with van der Waals surface area (Å²) in [7, 11) is 0. The van der Waals surface area contributed by atoms with Crippen LogP contribution >= 0.6 is 0 Å². The van der Waals surface area contributed by atoms with Crippen LogP contribution in [-0.2, 0) is 11.3 Å². The molecule has 6 heteroatoms. The molecule has 1 N–H and O–H groups in total. The highest BCUT2D eigenvalue weighted by molar-refractivity contribution is 5.75. The Labute approximate surface area is 186 Å². The molecule has 0 bridgehead atoms. The van der Waals surface area contributed by atoms with Gasteiger partial charge in [0.05, 0.1) is 5.69 Å². The number of hydrogen-bond acceptors (Lipinski definition) is 4. The summed E-state index contributed by atoms with van der Waals surface area (Å²) in [6.07, 6.45) is 4.07. The van der Waals surface area contributed by atoms with Gasteiger partial charge in [-0.05, 0) is 35.7 Å². The third kappa shape index (κ3) is 5.35. The molecule has 4 aromatic rings. The van der Waals surface area contributed by atoms with E-state index in [1.807, 2.05) is 48.5 Å². The summed E-state index contributed by atoms with van der Waals surface area (Å²) in [5.74, 6) is -0.0695. The van der Waals surface area contributed by atoms with E-state index in [0.29, 0.717) is 12.2 Å². The fourth-order valence-corrected chi connectivity index (χ4v) is 3.68. The number of nitrogens with zero attached hydrogens (tertiary/aromatic N) is 3. The van der Waals surface area contributed by atoms with Gasteiger partial charge in [-0.2, -0.15) is 5.10 Å². The van der Waals surface area contributed by atoms with Gasteiger partial charge in [-0.3, -0.25) is 14.6 Å². The van der Waals surface area contributed by atoms with E-state index < -0.39 is 0 Å². The zero-order valence-corrected chi connectivity index (χ0v) is 17.6. The third-order valence-electron chi connectivity index (χ3n) is 5.30. The van der Waals surface area contributed by atoms with Crippen LogP contribution in [0, 0.1) is 0 Å².